The zero-order valence-corrected chi connectivity index (χ0v) is 81.6. The van der Waals surface area contributed by atoms with Crippen molar-refractivity contribution in [3.8, 4) is 0 Å². The maximum Gasteiger partial charge on any atom is 0.351 e. The number of aromatic amines is 4. The number of H-pyrrole nitrogens is 4. The van der Waals surface area contributed by atoms with Gasteiger partial charge in [-0.15, -0.1) is 0 Å². The van der Waals surface area contributed by atoms with Crippen LogP contribution in [0.1, 0.15) is 70.3 Å². The Morgan fingerprint density at radius 3 is 1.23 bits per heavy atom. The fourth-order valence-electron chi connectivity index (χ4n) is 16.1. The summed E-state index contributed by atoms with van der Waals surface area (Å²) >= 11 is 0. The quantitative estimate of drug-likeness (QED) is 0.00802. The fraction of sp³-hybridized carbons (Fsp3) is 0.625. The average molecular weight is 2010 g/mol. The van der Waals surface area contributed by atoms with Crippen molar-refractivity contribution in [2.75, 3.05) is 205 Å². The Balaban J connectivity index is 0.788. The first kappa shape index (κ1) is 103. The summed E-state index contributed by atoms with van der Waals surface area (Å²) < 4.78 is 165. The van der Waals surface area contributed by atoms with Crippen molar-refractivity contribution in [1.82, 2.24) is 141 Å². The van der Waals surface area contributed by atoms with E-state index in [4.69, 9.17) is 80.4 Å². The van der Waals surface area contributed by atoms with E-state index in [0.717, 1.165) is 9.13 Å². The number of anilines is 4. The number of imidazole rings is 3. The number of ether oxygens (including phenoxy) is 5. The van der Waals surface area contributed by atoms with E-state index < -0.39 is 202 Å². The van der Waals surface area contributed by atoms with Gasteiger partial charge in [-0.05, 0) is 96.3 Å². The molecule has 3 amide bonds. The molecule has 8 aromatic heterocycles. The number of morpholine rings is 5. The topological polar surface area (TPSA) is 732 Å². The zero-order valence-electron chi connectivity index (χ0n) is 77.1. The third-order valence-corrected chi connectivity index (χ3v) is 35.9. The van der Waals surface area contributed by atoms with Crippen LogP contribution in [0.25, 0.3) is 33.5 Å². The minimum Gasteiger partial charge on any atom is -0.383 e. The zero-order chi connectivity index (χ0) is 98.9. The summed E-state index contributed by atoms with van der Waals surface area (Å²) in [7, 11) is -6.61. The lowest BCUT2D eigenvalue weighted by Crippen LogP contribution is -2.54. The van der Waals surface area contributed by atoms with Crippen LogP contribution in [0.4, 0.5) is 23.7 Å². The number of fused-ring (bicyclic) bond motifs is 3. The number of amides is 3. The van der Waals surface area contributed by atoms with Crippen LogP contribution in [0.3, 0.4) is 0 Å². The molecule has 5 aliphatic heterocycles. The Kier molecular flexibility index (Phi) is 32.1. The van der Waals surface area contributed by atoms with Crippen LogP contribution in [-0.4, -0.2) is 373 Å². The number of carbonyl (C=O) groups excluding carboxylic acids is 3. The number of nitrogens with zero attached hydrogens (tertiary/aromatic N) is 22. The van der Waals surface area contributed by atoms with E-state index in [9.17, 15) is 47.7 Å². The Morgan fingerprint density at radius 2 is 0.868 bits per heavy atom. The number of rotatable bonds is 38. The van der Waals surface area contributed by atoms with Crippen LogP contribution in [-0.2, 0) is 83.5 Å². The van der Waals surface area contributed by atoms with Crippen LogP contribution in [0.5, 0.6) is 0 Å². The minimum atomic E-state index is -4.59. The van der Waals surface area contributed by atoms with Gasteiger partial charge in [-0.2, -0.15) is 19.9 Å². The maximum atomic E-state index is 16.7. The first-order valence-electron chi connectivity index (χ1n) is 42.7. The van der Waals surface area contributed by atoms with Crippen LogP contribution in [0, 0.1) is 12.3 Å². The highest BCUT2D eigenvalue weighted by Gasteiger charge is 2.52. The molecule has 0 saturated carbocycles. The van der Waals surface area contributed by atoms with Gasteiger partial charge in [0.15, 0.2) is 58.1 Å². The predicted molar refractivity (Wildman–Crippen MR) is 490 cm³/mol. The second kappa shape index (κ2) is 42.3. The van der Waals surface area contributed by atoms with Gasteiger partial charge >= 0.3 is 42.1 Å². The average Bonchev–Trinajstić information content (AvgIpc) is 1.37. The molecule has 0 aromatic carbocycles. The highest BCUT2D eigenvalue weighted by atomic mass is 31.2. The van der Waals surface area contributed by atoms with Crippen molar-refractivity contribution in [3.63, 3.8) is 0 Å². The molecule has 748 valence electrons. The number of aryl methyl sites for hydroxylation is 1. The number of carbonyl (C=O) groups is 3. The molecule has 5 saturated heterocycles. The largest absolute Gasteiger partial charge is 0.383 e. The van der Waals surface area contributed by atoms with E-state index in [1.54, 1.807) is 27.9 Å². The highest BCUT2D eigenvalue weighted by Crippen LogP contribution is 2.61. The van der Waals surface area contributed by atoms with Crippen molar-refractivity contribution in [2.45, 2.75) is 114 Å². The number of hydrogen-bond acceptors (Lipinski definition) is 36. The van der Waals surface area contributed by atoms with Crippen molar-refractivity contribution in [1.29, 1.82) is 5.41 Å². The van der Waals surface area contributed by atoms with E-state index in [2.05, 4.69) is 70.8 Å². The Bertz CT molecular complexity index is 6360. The molecule has 64 heteroatoms. The normalized spacial score (nSPS) is 24.0. The van der Waals surface area contributed by atoms with Gasteiger partial charge in [0.25, 0.3) is 29.8 Å². The van der Waals surface area contributed by atoms with Crippen molar-refractivity contribution < 1.29 is 83.5 Å². The van der Waals surface area contributed by atoms with Gasteiger partial charge in [-0.1, -0.05) is 13.8 Å². The number of nitrogens with one attached hydrogen (secondary N) is 8. The smallest absolute Gasteiger partial charge is 0.351 e. The summed E-state index contributed by atoms with van der Waals surface area (Å²) in [5, 5.41) is 15.3. The summed E-state index contributed by atoms with van der Waals surface area (Å²) in [6.45, 7) is -0.209. The maximum absolute atomic E-state index is 16.7. The molecule has 13 heterocycles. The molecular formula is C72H116N35O24P5. The Morgan fingerprint density at radius 1 is 0.500 bits per heavy atom. The fourth-order valence-corrected chi connectivity index (χ4v) is 25.9. The van der Waals surface area contributed by atoms with E-state index in [1.165, 1.54) is 168 Å². The van der Waals surface area contributed by atoms with E-state index >= 15 is 18.3 Å². The third kappa shape index (κ3) is 22.6. The molecule has 0 aliphatic carbocycles. The summed E-state index contributed by atoms with van der Waals surface area (Å²) in [6, 6.07) is 0.269. The van der Waals surface area contributed by atoms with Crippen LogP contribution in [0.2, 0.25) is 0 Å². The standard InChI is InChI=1S/C72H116N35O24P5/c1-40(2)132(117,93(5)6)122-32-44-23-99(28-52(128-44)103-19-17-49(73)85-71(103)115)133(118,94(7)8)124-34-45-24-100(29-53(129-45)104-21-41(3)62(110)92-72(104)116)134(119,95(9)10)125-35-47-26-102(31-55(131-47)107-39-83-58-61(107)88-70(78)91-66(58)114)136(121,97(13)14)126-36-46-25-101(30-54(130-46)106-38-82-57-60(106)87-69(77)90-65(57)113)135(120,96(11)12)123-33-43-22-98(27-51(127-43)105-37-81-56-59(105)86-68(76)89-64(56)112)50(109)20-80-63(111)48(84-42(4)108)16-15-18-79-67(74)75/h17,19,21,37-40,43-48,51-55H,15-16,18,20,22-36H2,1-14H3,(H,80,111)(H,84,108)(H2,73,85,115)(H4,74,75,79)(H,92,110,116)(H3,76,86,89,112)(H3,77,87,90,113)(H3,78,88,91,114). The first-order valence-corrected chi connectivity index (χ1v) is 50.5. The minimum absolute atomic E-state index is 0.0424. The van der Waals surface area contributed by atoms with E-state index in [1.807, 2.05) is 0 Å². The molecule has 8 aromatic rings. The summed E-state index contributed by atoms with van der Waals surface area (Å²) in [6.07, 6.45) is -5.91. The van der Waals surface area contributed by atoms with Crippen LogP contribution in [0.15, 0.2) is 66.2 Å². The molecule has 0 radical (unpaired) electrons. The lowest BCUT2D eigenvalue weighted by molar-refractivity contribution is -0.158. The molecule has 136 heavy (non-hydrogen) atoms. The molecular weight excluding hydrogens is 1890 g/mol. The van der Waals surface area contributed by atoms with Crippen LogP contribution < -0.4 is 78.2 Å². The Hall–Kier alpha value is -10.1. The SMILES string of the molecule is CC(=O)NC(CCCNC(=N)N)C(=O)NCC(=O)N1CC(COP(=O)(N(C)C)N2CC(COP(=O)(N(C)C)N3CC(COP(=O)(N(C)C)N4CC(COP(=O)(N(C)C)N5CC(COP(=O)(C(C)C)N(C)C)OC(n6ccc(N)nc6=O)C5)OC(n5cc(C)c(=O)[nH]c5=O)C4)OC(n4cnc5c(=O)[nH]c(N)nc54)C3)OC(n3cnc4c(=O)[nH]c(N)nc43)C2)OC(n2cnc3c(=O)[nH]c(N)nc32)C1. The van der Waals surface area contributed by atoms with Gasteiger partial charge in [0.05, 0.1) is 116 Å². The number of guanidine groups is 1. The predicted octanol–water partition coefficient (Wildman–Crippen LogP) is -2.84. The van der Waals surface area contributed by atoms with Gasteiger partial charge < -0.3 is 95.8 Å². The van der Waals surface area contributed by atoms with Gasteiger partial charge in [0.2, 0.25) is 35.6 Å². The second-order valence-corrected chi connectivity index (χ2v) is 47.6. The van der Waals surface area contributed by atoms with E-state index in [-0.39, 0.29) is 154 Å². The lowest BCUT2D eigenvalue weighted by Gasteiger charge is -2.46. The molecule has 0 bridgehead atoms. The first-order chi connectivity index (χ1) is 64.1. The van der Waals surface area contributed by atoms with Crippen LogP contribution >= 0.6 is 38.2 Å². The monoisotopic (exact) mass is 2010 g/mol. The van der Waals surface area contributed by atoms with Gasteiger partial charge in [-0.25, -0.2) is 66.6 Å². The summed E-state index contributed by atoms with van der Waals surface area (Å²) in [5.74, 6) is -3.19. The number of nitrogen functional groups attached to an aromatic ring is 4. The summed E-state index contributed by atoms with van der Waals surface area (Å²) in [5.41, 5.74) is 24.0. The van der Waals surface area contributed by atoms with Crippen molar-refractivity contribution >= 4 is 119 Å². The number of hydrogen-bond donors (Lipinski definition) is 13. The molecule has 16 atom stereocenters. The highest BCUT2D eigenvalue weighted by molar-refractivity contribution is 7.57. The van der Waals surface area contributed by atoms with Gasteiger partial charge in [0.1, 0.15) is 30.4 Å². The number of aromatic nitrogens is 16. The molecule has 16 unspecified atom stereocenters. The Labute approximate surface area is 775 Å². The second-order valence-electron chi connectivity index (χ2n) is 34.0. The molecule has 5 aliphatic rings. The molecule has 18 N–H and O–H groups in total. The molecule has 59 nitrogen and oxygen atoms in total. The van der Waals surface area contributed by atoms with E-state index in [0.29, 0.717) is 0 Å². The third-order valence-electron chi connectivity index (χ3n) is 22.8. The molecule has 0 spiro atoms. The number of nitrogens with two attached hydrogens (primary N) is 5. The van der Waals surface area contributed by atoms with Gasteiger partial charge in [0, 0.05) is 69.8 Å². The molecule has 5 fully saturated rings. The van der Waals surface area contributed by atoms with Crippen molar-refractivity contribution in [2.24, 2.45) is 5.73 Å². The van der Waals surface area contributed by atoms with Crippen molar-refractivity contribution in [3.05, 3.63) is 105 Å². The lowest BCUT2D eigenvalue weighted by atomic mass is 10.1. The van der Waals surface area contributed by atoms with Gasteiger partial charge in [-0.3, -0.25) is 105 Å². The summed E-state index contributed by atoms with van der Waals surface area (Å²) in [4.78, 5) is 162. The molecule has 13 rings (SSSR count).